The van der Waals surface area contributed by atoms with Gasteiger partial charge in [0.25, 0.3) is 0 Å². The molecule has 0 unspecified atom stereocenters. The lowest BCUT2D eigenvalue weighted by molar-refractivity contribution is 0.608. The molecule has 0 bridgehead atoms. The first-order valence-electron chi connectivity index (χ1n) is 5.98. The molecule has 2 aromatic heterocycles. The summed E-state index contributed by atoms with van der Waals surface area (Å²) < 4.78 is 1.76. The molecule has 7 nitrogen and oxygen atoms in total. The highest BCUT2D eigenvalue weighted by Crippen LogP contribution is 2.18. The van der Waals surface area contributed by atoms with E-state index in [2.05, 4.69) is 32.5 Å². The first-order chi connectivity index (χ1) is 8.81. The minimum absolute atomic E-state index is 0.551. The van der Waals surface area contributed by atoms with Crippen LogP contribution in [-0.2, 0) is 13.0 Å². The molecule has 0 saturated heterocycles. The summed E-state index contributed by atoms with van der Waals surface area (Å²) >= 11 is 0. The van der Waals surface area contributed by atoms with Crippen molar-refractivity contribution in [3.63, 3.8) is 0 Å². The maximum absolute atomic E-state index is 5.86. The van der Waals surface area contributed by atoms with Gasteiger partial charge in [-0.15, -0.1) is 5.10 Å². The van der Waals surface area contributed by atoms with Crippen LogP contribution >= 0.6 is 0 Å². The highest BCUT2D eigenvalue weighted by molar-refractivity contribution is 5.54. The smallest absolute Gasteiger partial charge is 0.134 e. The molecule has 0 aliphatic carbocycles. The van der Waals surface area contributed by atoms with Gasteiger partial charge < -0.3 is 11.1 Å². The summed E-state index contributed by atoms with van der Waals surface area (Å²) in [5, 5.41) is 10.9. The van der Waals surface area contributed by atoms with Crippen LogP contribution in [0.25, 0.3) is 0 Å². The first kappa shape index (κ1) is 12.3. The molecule has 96 valence electrons. The van der Waals surface area contributed by atoms with Crippen molar-refractivity contribution in [2.45, 2.75) is 26.3 Å². The third kappa shape index (κ3) is 2.93. The molecule has 18 heavy (non-hydrogen) atoms. The molecule has 3 N–H and O–H groups in total. The van der Waals surface area contributed by atoms with Crippen LogP contribution in [0.15, 0.2) is 18.7 Å². The quantitative estimate of drug-likeness (QED) is 0.781. The van der Waals surface area contributed by atoms with Gasteiger partial charge in [-0.25, -0.2) is 9.97 Å². The zero-order chi connectivity index (χ0) is 12.8. The second-order valence-electron chi connectivity index (χ2n) is 3.93. The van der Waals surface area contributed by atoms with Gasteiger partial charge in [0.1, 0.15) is 18.0 Å². The van der Waals surface area contributed by atoms with Crippen molar-refractivity contribution in [3.05, 3.63) is 24.3 Å². The van der Waals surface area contributed by atoms with Crippen molar-refractivity contribution in [1.82, 2.24) is 25.0 Å². The fraction of sp³-hybridized carbons (Fsp3) is 0.455. The van der Waals surface area contributed by atoms with E-state index >= 15 is 0 Å². The monoisotopic (exact) mass is 247 g/mol. The predicted molar refractivity (Wildman–Crippen MR) is 69.0 cm³/mol. The summed E-state index contributed by atoms with van der Waals surface area (Å²) in [6.07, 6.45) is 6.84. The van der Waals surface area contributed by atoms with Crippen molar-refractivity contribution in [1.29, 1.82) is 0 Å². The summed E-state index contributed by atoms with van der Waals surface area (Å²) in [5.74, 6) is 1.36. The van der Waals surface area contributed by atoms with Crippen molar-refractivity contribution in [2.75, 3.05) is 17.6 Å². The Morgan fingerprint density at radius 2 is 2.28 bits per heavy atom. The minimum atomic E-state index is 0.551. The van der Waals surface area contributed by atoms with E-state index in [-0.39, 0.29) is 0 Å². The van der Waals surface area contributed by atoms with Crippen molar-refractivity contribution >= 4 is 11.6 Å². The molecule has 2 aromatic rings. The first-order valence-corrected chi connectivity index (χ1v) is 5.98. The highest BCUT2D eigenvalue weighted by Gasteiger charge is 2.07. The molecule has 0 saturated carbocycles. The van der Waals surface area contributed by atoms with E-state index in [1.54, 1.807) is 10.9 Å². The van der Waals surface area contributed by atoms with Gasteiger partial charge in [0.05, 0.1) is 12.7 Å². The molecule has 0 aromatic carbocycles. The Labute approximate surface area is 105 Å². The molecule has 0 atom stereocenters. The number of nitrogens with two attached hydrogens (primary N) is 1. The number of anilines is 2. The van der Waals surface area contributed by atoms with Gasteiger partial charge in [0.15, 0.2) is 0 Å². The second-order valence-corrected chi connectivity index (χ2v) is 3.93. The zero-order valence-corrected chi connectivity index (χ0v) is 10.4. The van der Waals surface area contributed by atoms with Crippen molar-refractivity contribution in [3.8, 4) is 0 Å². The van der Waals surface area contributed by atoms with Crippen LogP contribution in [-0.4, -0.2) is 31.5 Å². The summed E-state index contributed by atoms with van der Waals surface area (Å²) in [6, 6.07) is 0. The van der Waals surface area contributed by atoms with Crippen LogP contribution in [0.2, 0.25) is 0 Å². The third-order valence-corrected chi connectivity index (χ3v) is 2.58. The van der Waals surface area contributed by atoms with Gasteiger partial charge in [0.2, 0.25) is 0 Å². The lowest BCUT2D eigenvalue weighted by atomic mass is 10.1. The van der Waals surface area contributed by atoms with Crippen LogP contribution in [0.3, 0.4) is 0 Å². The van der Waals surface area contributed by atoms with Crippen molar-refractivity contribution in [2.24, 2.45) is 0 Å². The van der Waals surface area contributed by atoms with Gasteiger partial charge >= 0.3 is 0 Å². The van der Waals surface area contributed by atoms with Gasteiger partial charge in [-0.05, 0) is 6.42 Å². The van der Waals surface area contributed by atoms with E-state index in [9.17, 15) is 0 Å². The Balaban J connectivity index is 1.98. The average molecular weight is 247 g/mol. The number of rotatable bonds is 6. The standard InChI is InChI=1S/C11H17N7/c1-2-3-9-10(12)14-8-15-11(9)13-4-6-18-7-5-16-17-18/h5,7-8H,2-4,6H2,1H3,(H3,12,13,14,15). The van der Waals surface area contributed by atoms with Crippen LogP contribution in [0.5, 0.6) is 0 Å². The number of hydrogen-bond donors (Lipinski definition) is 2. The van der Waals surface area contributed by atoms with Gasteiger partial charge in [-0.2, -0.15) is 0 Å². The van der Waals surface area contributed by atoms with Crippen LogP contribution in [0.4, 0.5) is 11.6 Å². The van der Waals surface area contributed by atoms with E-state index in [1.165, 1.54) is 6.33 Å². The Morgan fingerprint density at radius 3 is 3.00 bits per heavy atom. The molecular weight excluding hydrogens is 230 g/mol. The highest BCUT2D eigenvalue weighted by atomic mass is 15.4. The summed E-state index contributed by atoms with van der Waals surface area (Å²) in [5.41, 5.74) is 6.84. The van der Waals surface area contributed by atoms with E-state index in [1.807, 2.05) is 6.20 Å². The molecule has 2 heterocycles. The third-order valence-electron chi connectivity index (χ3n) is 2.58. The van der Waals surface area contributed by atoms with Crippen LogP contribution in [0.1, 0.15) is 18.9 Å². The number of hydrogen-bond acceptors (Lipinski definition) is 6. The molecule has 7 heteroatoms. The summed E-state index contributed by atoms with van der Waals surface area (Å²) in [6.45, 7) is 3.55. The maximum atomic E-state index is 5.86. The van der Waals surface area contributed by atoms with Gasteiger partial charge in [-0.3, -0.25) is 4.68 Å². The molecule has 0 aliphatic heterocycles. The normalized spacial score (nSPS) is 10.5. The Kier molecular flexibility index (Phi) is 4.06. The minimum Gasteiger partial charge on any atom is -0.383 e. The fourth-order valence-electron chi connectivity index (χ4n) is 1.72. The molecule has 0 spiro atoms. The topological polar surface area (TPSA) is 94.5 Å². The molecule has 0 aliphatic rings. The van der Waals surface area contributed by atoms with Crippen LogP contribution < -0.4 is 11.1 Å². The van der Waals surface area contributed by atoms with Gasteiger partial charge in [0, 0.05) is 18.3 Å². The lowest BCUT2D eigenvalue weighted by Gasteiger charge is -2.11. The Bertz CT molecular complexity index is 480. The largest absolute Gasteiger partial charge is 0.383 e. The van der Waals surface area contributed by atoms with Gasteiger partial charge in [-0.1, -0.05) is 18.6 Å². The molecular formula is C11H17N7. The van der Waals surface area contributed by atoms with E-state index in [0.717, 1.165) is 37.3 Å². The Morgan fingerprint density at radius 1 is 1.39 bits per heavy atom. The lowest BCUT2D eigenvalue weighted by Crippen LogP contribution is -2.14. The average Bonchev–Trinajstić information content (AvgIpc) is 2.86. The number of nitrogens with one attached hydrogen (secondary N) is 1. The number of nitrogen functional groups attached to an aromatic ring is 1. The SMILES string of the molecule is CCCc1c(N)ncnc1NCCn1ccnn1. The zero-order valence-electron chi connectivity index (χ0n) is 10.4. The Hall–Kier alpha value is -2.18. The van der Waals surface area contributed by atoms with E-state index in [0.29, 0.717) is 5.82 Å². The predicted octanol–water partition coefficient (Wildman–Crippen LogP) is 0.715. The fourth-order valence-corrected chi connectivity index (χ4v) is 1.72. The van der Waals surface area contributed by atoms with Crippen molar-refractivity contribution < 1.29 is 0 Å². The van der Waals surface area contributed by atoms with E-state index in [4.69, 9.17) is 5.73 Å². The summed E-state index contributed by atoms with van der Waals surface area (Å²) in [4.78, 5) is 8.24. The van der Waals surface area contributed by atoms with Crippen LogP contribution in [0, 0.1) is 0 Å². The molecule has 0 radical (unpaired) electrons. The van der Waals surface area contributed by atoms with E-state index < -0.39 is 0 Å². The number of aromatic nitrogens is 5. The second kappa shape index (κ2) is 5.95. The molecule has 0 amide bonds. The summed E-state index contributed by atoms with van der Waals surface area (Å²) in [7, 11) is 0. The maximum Gasteiger partial charge on any atom is 0.134 e. The number of nitrogens with zero attached hydrogens (tertiary/aromatic N) is 5. The molecule has 2 rings (SSSR count). The molecule has 0 fully saturated rings.